The Morgan fingerprint density at radius 3 is 2.71 bits per heavy atom. The Morgan fingerprint density at radius 2 is 2.00 bits per heavy atom. The highest BCUT2D eigenvalue weighted by Crippen LogP contribution is 2.25. The van der Waals surface area contributed by atoms with Gasteiger partial charge in [-0.2, -0.15) is 0 Å². The van der Waals surface area contributed by atoms with Crippen molar-refractivity contribution in [2.75, 3.05) is 13.2 Å². The van der Waals surface area contributed by atoms with Gasteiger partial charge in [-0.15, -0.1) is 0 Å². The number of benzene rings is 1. The SMILES string of the molecule is O=c1[nH]c2cc([N+](=O)[O-])cc(CN3CCCCC3CO)c2[nH]c1=O. The van der Waals surface area contributed by atoms with Crippen molar-refractivity contribution in [1.29, 1.82) is 0 Å². The zero-order chi connectivity index (χ0) is 17.3. The van der Waals surface area contributed by atoms with E-state index in [0.717, 1.165) is 25.8 Å². The number of hydrogen-bond acceptors (Lipinski definition) is 6. The largest absolute Gasteiger partial charge is 0.395 e. The van der Waals surface area contributed by atoms with Crippen molar-refractivity contribution in [3.63, 3.8) is 0 Å². The van der Waals surface area contributed by atoms with Gasteiger partial charge in [0.05, 0.1) is 22.6 Å². The summed E-state index contributed by atoms with van der Waals surface area (Å²) in [6, 6.07) is 2.62. The van der Waals surface area contributed by atoms with Gasteiger partial charge >= 0.3 is 11.1 Å². The van der Waals surface area contributed by atoms with Gasteiger partial charge in [0.2, 0.25) is 0 Å². The zero-order valence-electron chi connectivity index (χ0n) is 12.9. The van der Waals surface area contributed by atoms with Crippen LogP contribution in [0.25, 0.3) is 11.0 Å². The van der Waals surface area contributed by atoms with E-state index in [1.807, 2.05) is 4.90 Å². The molecule has 1 aromatic carbocycles. The fourth-order valence-electron chi connectivity index (χ4n) is 3.20. The number of aromatic nitrogens is 2. The number of likely N-dealkylation sites (tertiary alicyclic amines) is 1. The number of nitro groups is 1. The summed E-state index contributed by atoms with van der Waals surface area (Å²) in [4.78, 5) is 40.7. The Kier molecular flexibility index (Phi) is 4.45. The highest BCUT2D eigenvalue weighted by molar-refractivity contribution is 5.80. The van der Waals surface area contributed by atoms with Crippen molar-refractivity contribution in [3.05, 3.63) is 48.5 Å². The van der Waals surface area contributed by atoms with Crippen LogP contribution in [0.5, 0.6) is 0 Å². The maximum absolute atomic E-state index is 11.6. The number of non-ortho nitro benzene ring substituents is 1. The molecule has 1 aliphatic rings. The molecule has 0 bridgehead atoms. The first-order valence-corrected chi connectivity index (χ1v) is 7.78. The number of nitrogens with zero attached hydrogens (tertiary/aromatic N) is 2. The standard InChI is InChI=1S/C15H18N4O5/c20-8-10-3-1-2-4-18(10)7-9-5-11(19(23)24)6-12-13(9)17-15(22)14(21)16-12/h5-6,10,20H,1-4,7-8H2,(H,16,21)(H,17,22). The number of nitro benzene ring substituents is 1. The minimum absolute atomic E-state index is 0.0115. The molecular weight excluding hydrogens is 316 g/mol. The second-order valence-corrected chi connectivity index (χ2v) is 6.00. The molecule has 1 aliphatic heterocycles. The third-order valence-corrected chi connectivity index (χ3v) is 4.44. The quantitative estimate of drug-likeness (QED) is 0.423. The summed E-state index contributed by atoms with van der Waals surface area (Å²) in [6.45, 7) is 1.13. The number of aliphatic hydroxyl groups excluding tert-OH is 1. The Morgan fingerprint density at radius 1 is 1.25 bits per heavy atom. The van der Waals surface area contributed by atoms with E-state index in [1.54, 1.807) is 0 Å². The van der Waals surface area contributed by atoms with E-state index in [4.69, 9.17) is 0 Å². The van der Waals surface area contributed by atoms with Crippen LogP contribution in [-0.2, 0) is 6.54 Å². The van der Waals surface area contributed by atoms with E-state index in [9.17, 15) is 24.8 Å². The molecule has 3 N–H and O–H groups in total. The molecule has 9 nitrogen and oxygen atoms in total. The molecule has 0 saturated carbocycles. The first kappa shape index (κ1) is 16.3. The molecule has 1 atom stereocenters. The molecule has 3 rings (SSSR count). The molecule has 128 valence electrons. The molecule has 0 spiro atoms. The van der Waals surface area contributed by atoms with Gasteiger partial charge in [-0.1, -0.05) is 6.42 Å². The minimum atomic E-state index is -0.847. The van der Waals surface area contributed by atoms with E-state index >= 15 is 0 Å². The fourth-order valence-corrected chi connectivity index (χ4v) is 3.20. The Balaban J connectivity index is 2.10. The summed E-state index contributed by atoms with van der Waals surface area (Å²) in [7, 11) is 0. The number of aliphatic hydroxyl groups is 1. The van der Waals surface area contributed by atoms with Crippen molar-refractivity contribution in [3.8, 4) is 0 Å². The third kappa shape index (κ3) is 3.08. The van der Waals surface area contributed by atoms with E-state index in [1.165, 1.54) is 12.1 Å². The van der Waals surface area contributed by atoms with Gasteiger partial charge in [0.15, 0.2) is 0 Å². The molecule has 2 aromatic rings. The molecule has 1 aromatic heterocycles. The summed E-state index contributed by atoms with van der Waals surface area (Å²) in [6.07, 6.45) is 2.87. The van der Waals surface area contributed by atoms with Crippen LogP contribution in [0.15, 0.2) is 21.7 Å². The van der Waals surface area contributed by atoms with Gasteiger partial charge in [-0.3, -0.25) is 24.6 Å². The van der Waals surface area contributed by atoms with Gasteiger partial charge in [-0.05, 0) is 24.9 Å². The Hall–Kier alpha value is -2.52. The fraction of sp³-hybridized carbons (Fsp3) is 0.467. The topological polar surface area (TPSA) is 132 Å². The first-order chi connectivity index (χ1) is 11.5. The lowest BCUT2D eigenvalue weighted by Gasteiger charge is -2.34. The average molecular weight is 334 g/mol. The summed E-state index contributed by atoms with van der Waals surface area (Å²) in [5, 5.41) is 20.7. The number of rotatable bonds is 4. The molecule has 24 heavy (non-hydrogen) atoms. The van der Waals surface area contributed by atoms with Crippen molar-refractivity contribution in [1.82, 2.24) is 14.9 Å². The van der Waals surface area contributed by atoms with Gasteiger partial charge in [0.1, 0.15) is 0 Å². The molecule has 1 unspecified atom stereocenters. The molecule has 0 amide bonds. The molecule has 0 aliphatic carbocycles. The molecule has 1 fully saturated rings. The third-order valence-electron chi connectivity index (χ3n) is 4.44. The average Bonchev–Trinajstić information content (AvgIpc) is 2.56. The Labute approximate surface area is 136 Å². The number of H-pyrrole nitrogens is 2. The van der Waals surface area contributed by atoms with E-state index in [0.29, 0.717) is 17.6 Å². The van der Waals surface area contributed by atoms with Crippen LogP contribution in [0.3, 0.4) is 0 Å². The molecule has 9 heteroatoms. The van der Waals surface area contributed by atoms with E-state index < -0.39 is 16.0 Å². The predicted octanol–water partition coefficient (Wildman–Crippen LogP) is 0.471. The lowest BCUT2D eigenvalue weighted by Crippen LogP contribution is -2.41. The number of piperidine rings is 1. The van der Waals surface area contributed by atoms with Crippen molar-refractivity contribution < 1.29 is 10.0 Å². The van der Waals surface area contributed by atoms with Crippen LogP contribution in [0.1, 0.15) is 24.8 Å². The Bertz CT molecular complexity index is 888. The number of nitrogens with one attached hydrogen (secondary N) is 2. The lowest BCUT2D eigenvalue weighted by molar-refractivity contribution is -0.384. The van der Waals surface area contributed by atoms with Crippen LogP contribution in [0.4, 0.5) is 5.69 Å². The summed E-state index contributed by atoms with van der Waals surface area (Å²) in [5.41, 5.74) is -0.644. The lowest BCUT2D eigenvalue weighted by atomic mass is 10.0. The second-order valence-electron chi connectivity index (χ2n) is 6.00. The van der Waals surface area contributed by atoms with Crippen LogP contribution in [0.2, 0.25) is 0 Å². The highest BCUT2D eigenvalue weighted by Gasteiger charge is 2.23. The monoisotopic (exact) mass is 334 g/mol. The highest BCUT2D eigenvalue weighted by atomic mass is 16.6. The zero-order valence-corrected chi connectivity index (χ0v) is 12.9. The van der Waals surface area contributed by atoms with Gasteiger partial charge in [0, 0.05) is 24.7 Å². The smallest absolute Gasteiger partial charge is 0.314 e. The summed E-state index contributed by atoms with van der Waals surface area (Å²) in [5.74, 6) is 0. The van der Waals surface area contributed by atoms with Crippen molar-refractivity contribution in [2.45, 2.75) is 31.8 Å². The number of hydrogen-bond donors (Lipinski definition) is 3. The van der Waals surface area contributed by atoms with Gasteiger partial charge in [-0.25, -0.2) is 0 Å². The van der Waals surface area contributed by atoms with Crippen molar-refractivity contribution >= 4 is 16.7 Å². The van der Waals surface area contributed by atoms with Gasteiger partial charge < -0.3 is 15.1 Å². The van der Waals surface area contributed by atoms with E-state index in [2.05, 4.69) is 9.97 Å². The summed E-state index contributed by atoms with van der Waals surface area (Å²) >= 11 is 0. The van der Waals surface area contributed by atoms with Crippen LogP contribution < -0.4 is 11.1 Å². The predicted molar refractivity (Wildman–Crippen MR) is 87.0 cm³/mol. The molecular formula is C15H18N4O5. The van der Waals surface area contributed by atoms with Crippen LogP contribution in [-0.4, -0.2) is 44.1 Å². The first-order valence-electron chi connectivity index (χ1n) is 7.78. The maximum atomic E-state index is 11.6. The second kappa shape index (κ2) is 6.54. The van der Waals surface area contributed by atoms with E-state index in [-0.39, 0.29) is 23.9 Å². The summed E-state index contributed by atoms with van der Waals surface area (Å²) < 4.78 is 0. The maximum Gasteiger partial charge on any atom is 0.314 e. The van der Waals surface area contributed by atoms with Gasteiger partial charge in [0.25, 0.3) is 5.69 Å². The number of fused-ring (bicyclic) bond motifs is 1. The van der Waals surface area contributed by atoms with Crippen molar-refractivity contribution in [2.24, 2.45) is 0 Å². The minimum Gasteiger partial charge on any atom is -0.395 e. The molecule has 1 saturated heterocycles. The molecule has 2 heterocycles. The van der Waals surface area contributed by atoms with Crippen LogP contribution in [0, 0.1) is 10.1 Å². The molecule has 0 radical (unpaired) electrons. The number of aromatic amines is 2. The normalized spacial score (nSPS) is 18.8. The van der Waals surface area contributed by atoms with Crippen LogP contribution >= 0.6 is 0 Å².